The first-order valence-corrected chi connectivity index (χ1v) is 11.1. The van der Waals surface area contributed by atoms with Crippen molar-refractivity contribution in [2.45, 2.75) is 30.5 Å². The van der Waals surface area contributed by atoms with Crippen molar-refractivity contribution in [1.29, 1.82) is 0 Å². The van der Waals surface area contributed by atoms with Gasteiger partial charge >= 0.3 is 5.97 Å². The molecule has 4 N–H and O–H groups in total. The molecule has 3 heterocycles. The number of aliphatic hydroxyl groups excluding tert-OH is 3. The van der Waals surface area contributed by atoms with Crippen LogP contribution in [-0.4, -0.2) is 81.1 Å². The van der Waals surface area contributed by atoms with E-state index in [-0.39, 0.29) is 22.6 Å². The van der Waals surface area contributed by atoms with E-state index >= 15 is 0 Å². The van der Waals surface area contributed by atoms with Crippen molar-refractivity contribution in [3.05, 3.63) is 77.8 Å². The highest BCUT2D eigenvalue weighted by Gasteiger charge is 2.48. The number of aliphatic hydroxyl groups is 3. The Morgan fingerprint density at radius 1 is 1.05 bits per heavy atom. The average Bonchev–Trinajstić information content (AvgIpc) is 3.58. The summed E-state index contributed by atoms with van der Waals surface area (Å²) in [4.78, 5) is 15.3. The van der Waals surface area contributed by atoms with Gasteiger partial charge in [-0.3, -0.25) is 0 Å². The van der Waals surface area contributed by atoms with Crippen molar-refractivity contribution in [3.8, 4) is 16.9 Å². The molecule has 38 heavy (non-hydrogen) atoms. The van der Waals surface area contributed by atoms with Gasteiger partial charge < -0.3 is 25.2 Å². The van der Waals surface area contributed by atoms with Crippen LogP contribution in [0.5, 0.6) is 0 Å². The Bertz CT molecular complexity index is 1460. The van der Waals surface area contributed by atoms with E-state index in [1.807, 2.05) is 0 Å². The maximum atomic E-state index is 13.7. The normalized spacial score (nSPS) is 23.5. The fourth-order valence-corrected chi connectivity index (χ4v) is 4.27. The van der Waals surface area contributed by atoms with Gasteiger partial charge in [-0.1, -0.05) is 5.21 Å². The van der Waals surface area contributed by atoms with Crippen molar-refractivity contribution >= 4 is 5.97 Å². The van der Waals surface area contributed by atoms with Gasteiger partial charge in [-0.2, -0.15) is 5.10 Å². The second-order valence-corrected chi connectivity index (χ2v) is 8.47. The van der Waals surface area contributed by atoms with Gasteiger partial charge in [-0.05, 0) is 36.4 Å². The zero-order valence-corrected chi connectivity index (χ0v) is 19.1. The Morgan fingerprint density at radius 3 is 2.37 bits per heavy atom. The number of carbonyl (C=O) groups is 1. The van der Waals surface area contributed by atoms with Gasteiger partial charge in [0.2, 0.25) is 0 Å². The lowest BCUT2D eigenvalue weighted by atomic mass is 9.92. The Balaban J connectivity index is 1.50. The summed E-state index contributed by atoms with van der Waals surface area (Å²) in [6.45, 7) is -0.654. The third kappa shape index (κ3) is 4.41. The molecule has 0 spiro atoms. The Hall–Kier alpha value is -4.18. The molecule has 1 aliphatic rings. The molecule has 5 rings (SSSR count). The van der Waals surface area contributed by atoms with Crippen LogP contribution in [0.3, 0.4) is 0 Å². The smallest absolute Gasteiger partial charge is 0.335 e. The number of aromatic nitrogens is 6. The van der Waals surface area contributed by atoms with Gasteiger partial charge in [-0.25, -0.2) is 32.3 Å². The van der Waals surface area contributed by atoms with Crippen molar-refractivity contribution in [2.24, 2.45) is 0 Å². The van der Waals surface area contributed by atoms with Gasteiger partial charge in [0, 0.05) is 5.56 Å². The number of nitrogens with zero attached hydrogens (tertiary/aromatic N) is 6. The maximum absolute atomic E-state index is 13.7. The number of aromatic carboxylic acids is 1. The van der Waals surface area contributed by atoms with E-state index in [0.29, 0.717) is 5.69 Å². The first-order chi connectivity index (χ1) is 18.2. The van der Waals surface area contributed by atoms with Crippen molar-refractivity contribution in [2.75, 3.05) is 6.61 Å². The highest BCUT2D eigenvalue weighted by atomic mass is 19.2. The molecule has 1 aliphatic heterocycles. The highest BCUT2D eigenvalue weighted by molar-refractivity contribution is 5.87. The van der Waals surface area contributed by atoms with Crippen LogP contribution in [0, 0.1) is 17.5 Å². The lowest BCUT2D eigenvalue weighted by Gasteiger charge is -2.41. The predicted molar refractivity (Wildman–Crippen MR) is 119 cm³/mol. The van der Waals surface area contributed by atoms with E-state index < -0.39 is 60.5 Å². The maximum Gasteiger partial charge on any atom is 0.335 e. The van der Waals surface area contributed by atoms with Crippen LogP contribution in [0.15, 0.2) is 48.9 Å². The molecule has 2 aromatic carbocycles. The minimum Gasteiger partial charge on any atom is -0.478 e. The van der Waals surface area contributed by atoms with Crippen LogP contribution in [0.2, 0.25) is 0 Å². The molecule has 0 radical (unpaired) electrons. The second-order valence-electron chi connectivity index (χ2n) is 8.47. The van der Waals surface area contributed by atoms with Crippen LogP contribution in [-0.2, 0) is 4.74 Å². The first-order valence-electron chi connectivity index (χ1n) is 11.1. The summed E-state index contributed by atoms with van der Waals surface area (Å²) in [5, 5.41) is 52.8. The standard InChI is InChI=1S/C23H19F3N6O6/c24-13-5-11(6-14(25)17(13)26)15-7-31(30-29-15)18-19(34)16(8-33)38-21(20(18)35)22-27-9-28-32(22)12-3-1-10(2-4-12)23(36)37/h1-7,9,16,18-21,33-35H,8H2,(H,36,37)/t16-,18+,19+,20-,21-/m1/s1. The summed E-state index contributed by atoms with van der Waals surface area (Å²) in [6, 6.07) is 5.81. The zero-order chi connectivity index (χ0) is 27.1. The number of ether oxygens (including phenoxy) is 1. The summed E-state index contributed by atoms with van der Waals surface area (Å²) in [5.74, 6) is -5.57. The fraction of sp³-hybridized carbons (Fsp3) is 0.261. The van der Waals surface area contributed by atoms with Gasteiger partial charge in [0.05, 0.1) is 24.1 Å². The van der Waals surface area contributed by atoms with Crippen molar-refractivity contribution < 1.29 is 43.1 Å². The molecule has 4 aromatic rings. The average molecular weight is 532 g/mol. The minimum absolute atomic E-state index is 0.0378. The zero-order valence-electron chi connectivity index (χ0n) is 19.1. The molecule has 0 unspecified atom stereocenters. The number of halogens is 3. The topological polar surface area (TPSA) is 169 Å². The van der Waals surface area contributed by atoms with Crippen molar-refractivity contribution in [3.63, 3.8) is 0 Å². The lowest BCUT2D eigenvalue weighted by molar-refractivity contribution is -0.210. The quantitative estimate of drug-likeness (QED) is 0.263. The lowest BCUT2D eigenvalue weighted by Crippen LogP contribution is -2.53. The van der Waals surface area contributed by atoms with Crippen LogP contribution in [0.1, 0.15) is 28.3 Å². The summed E-state index contributed by atoms with van der Waals surface area (Å²) in [5.41, 5.74) is 0.219. The summed E-state index contributed by atoms with van der Waals surface area (Å²) in [6.07, 6.45) is -3.18. The van der Waals surface area contributed by atoms with Gasteiger partial charge in [0.1, 0.15) is 42.5 Å². The van der Waals surface area contributed by atoms with E-state index in [1.54, 1.807) is 0 Å². The number of benzene rings is 2. The number of hydrogen-bond donors (Lipinski definition) is 4. The third-order valence-electron chi connectivity index (χ3n) is 6.18. The Labute approximate surface area is 211 Å². The molecular formula is C23H19F3N6O6. The summed E-state index contributed by atoms with van der Waals surface area (Å²) < 4.78 is 48.9. The van der Waals surface area contributed by atoms with Crippen LogP contribution in [0.25, 0.3) is 16.9 Å². The monoisotopic (exact) mass is 532 g/mol. The fourth-order valence-electron chi connectivity index (χ4n) is 4.27. The molecule has 0 amide bonds. The molecule has 1 saturated heterocycles. The molecule has 12 nitrogen and oxygen atoms in total. The van der Waals surface area contributed by atoms with Gasteiger partial charge in [0.25, 0.3) is 0 Å². The van der Waals surface area contributed by atoms with Gasteiger partial charge in [-0.15, -0.1) is 5.10 Å². The summed E-state index contributed by atoms with van der Waals surface area (Å²) >= 11 is 0. The second kappa shape index (κ2) is 9.94. The molecule has 198 valence electrons. The molecule has 15 heteroatoms. The van der Waals surface area contributed by atoms with E-state index in [9.17, 15) is 33.3 Å². The minimum atomic E-state index is -1.65. The first kappa shape index (κ1) is 25.5. The number of hydrogen-bond acceptors (Lipinski definition) is 9. The number of rotatable bonds is 6. The number of carboxylic acids is 1. The van der Waals surface area contributed by atoms with Crippen LogP contribution < -0.4 is 0 Å². The molecule has 5 atom stereocenters. The molecule has 2 aromatic heterocycles. The van der Waals surface area contributed by atoms with E-state index in [4.69, 9.17) is 9.84 Å². The van der Waals surface area contributed by atoms with Crippen LogP contribution in [0.4, 0.5) is 13.2 Å². The van der Waals surface area contributed by atoms with E-state index in [1.165, 1.54) is 41.5 Å². The molecule has 0 bridgehead atoms. The molecule has 1 fully saturated rings. The Morgan fingerprint density at radius 2 is 1.74 bits per heavy atom. The third-order valence-corrected chi connectivity index (χ3v) is 6.18. The van der Waals surface area contributed by atoms with E-state index in [0.717, 1.165) is 16.8 Å². The Kier molecular flexibility index (Phi) is 6.66. The van der Waals surface area contributed by atoms with Gasteiger partial charge in [0.15, 0.2) is 23.3 Å². The molecule has 0 aliphatic carbocycles. The summed E-state index contributed by atoms with van der Waals surface area (Å²) in [7, 11) is 0. The molecule has 0 saturated carbocycles. The van der Waals surface area contributed by atoms with Crippen LogP contribution >= 0.6 is 0 Å². The number of carboxylic acid groups (broad SMARTS) is 1. The largest absolute Gasteiger partial charge is 0.478 e. The van der Waals surface area contributed by atoms with Crippen molar-refractivity contribution in [1.82, 2.24) is 29.8 Å². The highest BCUT2D eigenvalue weighted by Crippen LogP contribution is 2.38. The SMILES string of the molecule is O=C(O)c1ccc(-n2ncnc2[C@@H]2O[C@H](CO)[C@H](O)[C@H](n3cc(-c4cc(F)c(F)c(F)c4)nn3)[C@H]2O)cc1. The predicted octanol–water partition coefficient (Wildman–Crippen LogP) is 1.04. The van der Waals surface area contributed by atoms with E-state index in [2.05, 4.69) is 20.4 Å². The molecular weight excluding hydrogens is 513 g/mol.